The lowest BCUT2D eigenvalue weighted by Crippen LogP contribution is -2.29. The summed E-state index contributed by atoms with van der Waals surface area (Å²) in [6.45, 7) is 4.98. The molecule has 6 heteroatoms. The van der Waals surface area contributed by atoms with Crippen LogP contribution in [0.3, 0.4) is 0 Å². The minimum absolute atomic E-state index is 0.167. The minimum Gasteiger partial charge on any atom is -0.456 e. The van der Waals surface area contributed by atoms with Gasteiger partial charge in [0.2, 0.25) is 0 Å². The molecule has 0 aliphatic carbocycles. The zero-order valence-electron chi connectivity index (χ0n) is 12.0. The molecule has 0 aliphatic rings. The molecule has 3 N–H and O–H groups in total. The molecule has 0 bridgehead atoms. The average molecular weight is 291 g/mol. The van der Waals surface area contributed by atoms with Crippen molar-refractivity contribution in [2.75, 3.05) is 11.4 Å². The third-order valence-electron chi connectivity index (χ3n) is 3.29. The number of halogens is 1. The predicted octanol–water partition coefficient (Wildman–Crippen LogP) is 2.36. The van der Waals surface area contributed by atoms with Crippen LogP contribution < -0.4 is 16.2 Å². The highest BCUT2D eigenvalue weighted by Crippen LogP contribution is 2.21. The van der Waals surface area contributed by atoms with Crippen molar-refractivity contribution in [2.24, 2.45) is 5.84 Å². The van der Waals surface area contributed by atoms with E-state index in [1.807, 2.05) is 23.3 Å². The van der Waals surface area contributed by atoms with E-state index in [1.165, 1.54) is 12.1 Å². The van der Waals surface area contributed by atoms with E-state index in [-0.39, 0.29) is 11.6 Å². The number of amides is 1. The van der Waals surface area contributed by atoms with Crippen molar-refractivity contribution in [1.82, 2.24) is 5.43 Å². The van der Waals surface area contributed by atoms with Crippen LogP contribution in [0.4, 0.5) is 10.1 Å². The lowest BCUT2D eigenvalue weighted by Gasteiger charge is -2.22. The number of anilines is 1. The Balaban J connectivity index is 2.23. The highest BCUT2D eigenvalue weighted by Gasteiger charge is 2.15. The van der Waals surface area contributed by atoms with Crippen molar-refractivity contribution < 1.29 is 13.6 Å². The van der Waals surface area contributed by atoms with E-state index in [2.05, 4.69) is 0 Å². The van der Waals surface area contributed by atoms with Crippen molar-refractivity contribution in [3.8, 4) is 0 Å². The number of nitrogen functional groups attached to an aromatic ring is 1. The first-order valence-electron chi connectivity index (χ1n) is 6.66. The molecule has 0 fully saturated rings. The molecule has 2 rings (SSSR count). The highest BCUT2D eigenvalue weighted by molar-refractivity contribution is 5.91. The summed E-state index contributed by atoms with van der Waals surface area (Å²) >= 11 is 0. The number of aryl methyl sites for hydroxylation is 1. The summed E-state index contributed by atoms with van der Waals surface area (Å²) in [6.07, 6.45) is 0. The molecule has 21 heavy (non-hydrogen) atoms. The van der Waals surface area contributed by atoms with Crippen molar-refractivity contribution in [3.05, 3.63) is 53.2 Å². The minimum atomic E-state index is -0.474. The van der Waals surface area contributed by atoms with Crippen LogP contribution in [0, 0.1) is 12.7 Å². The molecular weight excluding hydrogens is 273 g/mol. The van der Waals surface area contributed by atoms with Gasteiger partial charge in [0.1, 0.15) is 11.6 Å². The molecule has 1 aromatic carbocycles. The van der Waals surface area contributed by atoms with Crippen LogP contribution in [0.2, 0.25) is 0 Å². The SMILES string of the molecule is CCN(Cc1cc(C(=O)NN)oc1C)c1cccc(F)c1. The molecule has 1 amide bonds. The Morgan fingerprint density at radius 3 is 2.81 bits per heavy atom. The van der Waals surface area contributed by atoms with E-state index >= 15 is 0 Å². The number of hydrogen-bond donors (Lipinski definition) is 2. The molecule has 1 aromatic heterocycles. The van der Waals surface area contributed by atoms with Gasteiger partial charge in [-0.05, 0) is 38.1 Å². The molecule has 1 heterocycles. The molecule has 0 saturated carbocycles. The van der Waals surface area contributed by atoms with Gasteiger partial charge in [-0.2, -0.15) is 0 Å². The van der Waals surface area contributed by atoms with Gasteiger partial charge in [-0.15, -0.1) is 0 Å². The van der Waals surface area contributed by atoms with Crippen LogP contribution in [-0.2, 0) is 6.54 Å². The Labute approximate surface area is 122 Å². The number of benzene rings is 1. The Bertz CT molecular complexity index is 640. The summed E-state index contributed by atoms with van der Waals surface area (Å²) in [4.78, 5) is 13.4. The molecule has 0 unspecified atom stereocenters. The molecule has 112 valence electrons. The number of nitrogens with one attached hydrogen (secondary N) is 1. The number of hydrogen-bond acceptors (Lipinski definition) is 4. The van der Waals surface area contributed by atoms with Crippen LogP contribution >= 0.6 is 0 Å². The number of furan rings is 1. The first-order chi connectivity index (χ1) is 10.0. The maximum absolute atomic E-state index is 13.3. The maximum atomic E-state index is 13.3. The number of nitrogens with two attached hydrogens (primary N) is 1. The second-order valence-corrected chi connectivity index (χ2v) is 4.66. The first kappa shape index (κ1) is 15.1. The summed E-state index contributed by atoms with van der Waals surface area (Å²) in [6, 6.07) is 8.05. The van der Waals surface area contributed by atoms with E-state index in [0.29, 0.717) is 18.8 Å². The zero-order chi connectivity index (χ0) is 15.4. The maximum Gasteiger partial charge on any atom is 0.300 e. The van der Waals surface area contributed by atoms with Crippen molar-refractivity contribution >= 4 is 11.6 Å². The molecule has 5 nitrogen and oxygen atoms in total. The van der Waals surface area contributed by atoms with Crippen LogP contribution in [0.1, 0.15) is 28.8 Å². The summed E-state index contributed by atoms with van der Waals surface area (Å²) in [5.41, 5.74) is 3.67. The number of rotatable bonds is 5. The van der Waals surface area contributed by atoms with Gasteiger partial charge in [-0.25, -0.2) is 10.2 Å². The number of nitrogens with zero attached hydrogens (tertiary/aromatic N) is 1. The fraction of sp³-hybridized carbons (Fsp3) is 0.267. The second kappa shape index (κ2) is 6.41. The van der Waals surface area contributed by atoms with E-state index < -0.39 is 5.91 Å². The van der Waals surface area contributed by atoms with Gasteiger partial charge in [0.05, 0.1) is 0 Å². The molecule has 2 aromatic rings. The fourth-order valence-corrected chi connectivity index (χ4v) is 2.12. The van der Waals surface area contributed by atoms with Crippen LogP contribution in [0.5, 0.6) is 0 Å². The van der Waals surface area contributed by atoms with E-state index in [0.717, 1.165) is 11.3 Å². The van der Waals surface area contributed by atoms with E-state index in [1.54, 1.807) is 19.1 Å². The average Bonchev–Trinajstić information content (AvgIpc) is 2.85. The van der Waals surface area contributed by atoms with Gasteiger partial charge < -0.3 is 9.32 Å². The Morgan fingerprint density at radius 1 is 1.43 bits per heavy atom. The van der Waals surface area contributed by atoms with Crippen molar-refractivity contribution in [2.45, 2.75) is 20.4 Å². The molecule has 0 aliphatic heterocycles. The third kappa shape index (κ3) is 3.41. The molecule has 0 radical (unpaired) electrons. The lowest BCUT2D eigenvalue weighted by molar-refractivity contribution is 0.0924. The molecule has 0 atom stereocenters. The summed E-state index contributed by atoms with van der Waals surface area (Å²) in [5.74, 6) is 5.14. The van der Waals surface area contributed by atoms with Gasteiger partial charge in [0, 0.05) is 24.3 Å². The number of carbonyl (C=O) groups excluding carboxylic acids is 1. The first-order valence-corrected chi connectivity index (χ1v) is 6.66. The fourth-order valence-electron chi connectivity index (χ4n) is 2.12. The molecule has 0 saturated heterocycles. The Hall–Kier alpha value is -2.34. The van der Waals surface area contributed by atoms with E-state index in [9.17, 15) is 9.18 Å². The van der Waals surface area contributed by atoms with Gasteiger partial charge in [-0.1, -0.05) is 6.07 Å². The van der Waals surface area contributed by atoms with Crippen molar-refractivity contribution in [3.63, 3.8) is 0 Å². The number of carbonyl (C=O) groups is 1. The monoisotopic (exact) mass is 291 g/mol. The van der Waals surface area contributed by atoms with Crippen LogP contribution in [-0.4, -0.2) is 12.5 Å². The summed E-state index contributed by atoms with van der Waals surface area (Å²) in [7, 11) is 0. The van der Waals surface area contributed by atoms with Crippen LogP contribution in [0.15, 0.2) is 34.7 Å². The van der Waals surface area contributed by atoms with Gasteiger partial charge >= 0.3 is 5.91 Å². The molecule has 0 spiro atoms. The van der Waals surface area contributed by atoms with Crippen molar-refractivity contribution in [1.29, 1.82) is 0 Å². The predicted molar refractivity (Wildman–Crippen MR) is 78.2 cm³/mol. The van der Waals surface area contributed by atoms with E-state index in [4.69, 9.17) is 10.3 Å². The standard InChI is InChI=1S/C15H18FN3O2/c1-3-19(13-6-4-5-12(16)8-13)9-11-7-14(15(20)18-17)21-10(11)2/h4-8H,3,9,17H2,1-2H3,(H,18,20). The molecular formula is C15H18FN3O2. The smallest absolute Gasteiger partial charge is 0.300 e. The topological polar surface area (TPSA) is 71.5 Å². The Kier molecular flexibility index (Phi) is 4.59. The Morgan fingerprint density at radius 2 is 2.19 bits per heavy atom. The van der Waals surface area contributed by atoms with Gasteiger partial charge in [0.25, 0.3) is 0 Å². The number of hydrazine groups is 1. The quantitative estimate of drug-likeness (QED) is 0.504. The lowest BCUT2D eigenvalue weighted by atomic mass is 10.2. The zero-order valence-corrected chi connectivity index (χ0v) is 12.0. The van der Waals surface area contributed by atoms with Gasteiger partial charge in [0.15, 0.2) is 5.76 Å². The third-order valence-corrected chi connectivity index (χ3v) is 3.29. The van der Waals surface area contributed by atoms with Gasteiger partial charge in [-0.3, -0.25) is 10.2 Å². The van der Waals surface area contributed by atoms with Crippen LogP contribution in [0.25, 0.3) is 0 Å². The normalized spacial score (nSPS) is 10.5. The summed E-state index contributed by atoms with van der Waals surface area (Å²) < 4.78 is 18.7. The second-order valence-electron chi connectivity index (χ2n) is 4.66. The largest absolute Gasteiger partial charge is 0.456 e. The summed E-state index contributed by atoms with van der Waals surface area (Å²) in [5, 5.41) is 0. The highest BCUT2D eigenvalue weighted by atomic mass is 19.1.